The first-order valence-electron chi connectivity index (χ1n) is 6.75. The van der Waals surface area contributed by atoms with Crippen molar-refractivity contribution in [2.75, 3.05) is 34.5 Å². The van der Waals surface area contributed by atoms with Gasteiger partial charge < -0.3 is 9.47 Å². The summed E-state index contributed by atoms with van der Waals surface area (Å²) in [6.07, 6.45) is 0.431. The molecule has 8 heteroatoms. The highest BCUT2D eigenvalue weighted by Crippen LogP contribution is 2.15. The van der Waals surface area contributed by atoms with E-state index in [-0.39, 0.29) is 0 Å². The topological polar surface area (TPSA) is 76.7 Å². The van der Waals surface area contributed by atoms with Crippen molar-refractivity contribution in [2.45, 2.75) is 12.8 Å². The molecule has 22 heavy (non-hydrogen) atoms. The molecule has 0 aliphatic heterocycles. The molecule has 0 fully saturated rings. The van der Waals surface area contributed by atoms with Crippen LogP contribution >= 0.6 is 31.9 Å². The highest BCUT2D eigenvalue weighted by molar-refractivity contribution is 9.09. The molecule has 0 aliphatic rings. The van der Waals surface area contributed by atoms with E-state index in [0.29, 0.717) is 24.6 Å². The summed E-state index contributed by atoms with van der Waals surface area (Å²) in [7, 11) is 0. The lowest BCUT2D eigenvalue weighted by molar-refractivity contribution is 0.161. The number of ether oxygens (including phenoxy) is 2. The summed E-state index contributed by atoms with van der Waals surface area (Å²) in [6.45, 7) is 0.684. The fraction of sp³-hybridized carbons (Fsp3) is 0.429. The van der Waals surface area contributed by atoms with Gasteiger partial charge in [0, 0.05) is 22.0 Å². The SMILES string of the molecule is O=C(Nc1cccc(NC(=O)OCCCBr)c1)OCCCBr. The number of carbonyl (C=O) groups is 2. The van der Waals surface area contributed by atoms with Gasteiger partial charge in [-0.3, -0.25) is 10.6 Å². The molecule has 0 atom stereocenters. The molecule has 0 saturated heterocycles. The summed E-state index contributed by atoms with van der Waals surface area (Å²) in [5, 5.41) is 6.73. The van der Waals surface area contributed by atoms with Crippen molar-refractivity contribution in [3.05, 3.63) is 24.3 Å². The second-order valence-corrected chi connectivity index (χ2v) is 5.77. The van der Waals surface area contributed by atoms with Crippen molar-refractivity contribution in [1.29, 1.82) is 0 Å². The lowest BCUT2D eigenvalue weighted by Crippen LogP contribution is -2.16. The summed E-state index contributed by atoms with van der Waals surface area (Å²) >= 11 is 6.51. The Labute approximate surface area is 146 Å². The van der Waals surface area contributed by atoms with Gasteiger partial charge in [-0.25, -0.2) is 9.59 Å². The van der Waals surface area contributed by atoms with Crippen LogP contribution in [0.5, 0.6) is 0 Å². The van der Waals surface area contributed by atoms with Gasteiger partial charge in [0.25, 0.3) is 0 Å². The molecule has 0 saturated carbocycles. The van der Waals surface area contributed by atoms with E-state index in [2.05, 4.69) is 42.5 Å². The van der Waals surface area contributed by atoms with Crippen molar-refractivity contribution >= 4 is 55.4 Å². The van der Waals surface area contributed by atoms with Crippen molar-refractivity contribution < 1.29 is 19.1 Å². The zero-order valence-electron chi connectivity index (χ0n) is 11.9. The van der Waals surface area contributed by atoms with E-state index in [1.54, 1.807) is 24.3 Å². The molecule has 0 aliphatic carbocycles. The lowest BCUT2D eigenvalue weighted by Gasteiger charge is -2.09. The highest BCUT2D eigenvalue weighted by atomic mass is 79.9. The largest absolute Gasteiger partial charge is 0.449 e. The summed E-state index contributed by atoms with van der Waals surface area (Å²) in [5.41, 5.74) is 1.06. The quantitative estimate of drug-likeness (QED) is 0.468. The van der Waals surface area contributed by atoms with Crippen LogP contribution in [-0.4, -0.2) is 36.1 Å². The zero-order chi connectivity index (χ0) is 16.2. The first-order valence-corrected chi connectivity index (χ1v) is 8.99. The Hall–Kier alpha value is -1.28. The fourth-order valence-electron chi connectivity index (χ4n) is 1.42. The van der Waals surface area contributed by atoms with E-state index >= 15 is 0 Å². The molecule has 122 valence electrons. The van der Waals surface area contributed by atoms with Gasteiger partial charge in [0.2, 0.25) is 0 Å². The number of alkyl halides is 2. The number of anilines is 2. The first kappa shape index (κ1) is 18.8. The van der Waals surface area contributed by atoms with Crippen LogP contribution in [0.25, 0.3) is 0 Å². The summed E-state index contributed by atoms with van der Waals surface area (Å²) < 4.78 is 9.95. The minimum atomic E-state index is -0.530. The van der Waals surface area contributed by atoms with Crippen molar-refractivity contribution in [1.82, 2.24) is 0 Å². The summed E-state index contributed by atoms with van der Waals surface area (Å²) in [4.78, 5) is 23.1. The van der Waals surface area contributed by atoms with Gasteiger partial charge >= 0.3 is 12.2 Å². The molecular weight excluding hydrogens is 420 g/mol. The number of rotatable bonds is 8. The Bertz CT molecular complexity index is 446. The number of halogens is 2. The lowest BCUT2D eigenvalue weighted by atomic mass is 10.3. The second kappa shape index (κ2) is 11.3. The van der Waals surface area contributed by atoms with Crippen LogP contribution < -0.4 is 10.6 Å². The summed E-state index contributed by atoms with van der Waals surface area (Å²) in [5.74, 6) is 0. The average molecular weight is 438 g/mol. The number of amides is 2. The van der Waals surface area contributed by atoms with Crippen LogP contribution in [0.1, 0.15) is 12.8 Å². The molecule has 2 N–H and O–H groups in total. The van der Waals surface area contributed by atoms with E-state index in [1.165, 1.54) is 0 Å². The third kappa shape index (κ3) is 8.23. The van der Waals surface area contributed by atoms with Crippen LogP contribution in [0.15, 0.2) is 24.3 Å². The predicted octanol–water partition coefficient (Wildman–Crippen LogP) is 4.35. The standard InChI is InChI=1S/C14H18Br2N2O4/c15-6-2-8-21-13(19)17-11-4-1-5-12(10-11)18-14(20)22-9-3-7-16/h1,4-5,10H,2-3,6-9H2,(H,17,19)(H,18,20). The zero-order valence-corrected chi connectivity index (χ0v) is 15.1. The predicted molar refractivity (Wildman–Crippen MR) is 93.2 cm³/mol. The number of hydrogen-bond acceptors (Lipinski definition) is 4. The van der Waals surface area contributed by atoms with Crippen molar-refractivity contribution in [3.63, 3.8) is 0 Å². The minimum Gasteiger partial charge on any atom is -0.449 e. The molecule has 1 aromatic rings. The van der Waals surface area contributed by atoms with Gasteiger partial charge in [0.1, 0.15) is 0 Å². The van der Waals surface area contributed by atoms with Crippen molar-refractivity contribution in [3.8, 4) is 0 Å². The van der Waals surface area contributed by atoms with Crippen LogP contribution in [0, 0.1) is 0 Å². The molecule has 0 spiro atoms. The second-order valence-electron chi connectivity index (χ2n) is 4.19. The van der Waals surface area contributed by atoms with Gasteiger partial charge in [-0.2, -0.15) is 0 Å². The van der Waals surface area contributed by atoms with Crippen LogP contribution in [0.2, 0.25) is 0 Å². The normalized spacial score (nSPS) is 9.91. The van der Waals surface area contributed by atoms with Gasteiger partial charge in [0.15, 0.2) is 0 Å². The molecular formula is C14H18Br2N2O4. The minimum absolute atomic E-state index is 0.342. The van der Waals surface area contributed by atoms with Crippen LogP contribution in [0.4, 0.5) is 21.0 Å². The number of benzene rings is 1. The van der Waals surface area contributed by atoms with Gasteiger partial charge in [0.05, 0.1) is 13.2 Å². The van der Waals surface area contributed by atoms with E-state index in [9.17, 15) is 9.59 Å². The number of hydrogen-bond donors (Lipinski definition) is 2. The van der Waals surface area contributed by atoms with Crippen molar-refractivity contribution in [2.24, 2.45) is 0 Å². The molecule has 0 aromatic heterocycles. The number of carbonyl (C=O) groups excluding carboxylic acids is 2. The van der Waals surface area contributed by atoms with E-state index in [4.69, 9.17) is 9.47 Å². The monoisotopic (exact) mass is 436 g/mol. The molecule has 0 heterocycles. The maximum Gasteiger partial charge on any atom is 0.411 e. The van der Waals surface area contributed by atoms with Gasteiger partial charge in [-0.05, 0) is 31.0 Å². The Kier molecular flexibility index (Phi) is 9.65. The molecule has 1 aromatic carbocycles. The molecule has 0 radical (unpaired) electrons. The van der Waals surface area contributed by atoms with Crippen LogP contribution in [0.3, 0.4) is 0 Å². The maximum absolute atomic E-state index is 11.5. The Morgan fingerprint density at radius 1 is 0.909 bits per heavy atom. The molecule has 0 unspecified atom stereocenters. The molecule has 2 amide bonds. The van der Waals surface area contributed by atoms with Gasteiger partial charge in [-0.1, -0.05) is 37.9 Å². The van der Waals surface area contributed by atoms with E-state index in [1.807, 2.05) is 0 Å². The third-order valence-corrected chi connectivity index (χ3v) is 3.50. The highest BCUT2D eigenvalue weighted by Gasteiger charge is 2.06. The van der Waals surface area contributed by atoms with Crippen LogP contribution in [-0.2, 0) is 9.47 Å². The number of nitrogens with one attached hydrogen (secondary N) is 2. The Balaban J connectivity index is 2.44. The van der Waals surface area contributed by atoms with E-state index in [0.717, 1.165) is 23.5 Å². The Morgan fingerprint density at radius 3 is 1.77 bits per heavy atom. The smallest absolute Gasteiger partial charge is 0.411 e. The van der Waals surface area contributed by atoms with E-state index < -0.39 is 12.2 Å². The van der Waals surface area contributed by atoms with Gasteiger partial charge in [-0.15, -0.1) is 0 Å². The average Bonchev–Trinajstić information content (AvgIpc) is 2.48. The first-order chi connectivity index (χ1) is 10.7. The Morgan fingerprint density at radius 2 is 1.36 bits per heavy atom. The fourth-order valence-corrected chi connectivity index (χ4v) is 1.88. The third-order valence-electron chi connectivity index (χ3n) is 2.38. The molecule has 1 rings (SSSR count). The molecule has 6 nitrogen and oxygen atoms in total. The molecule has 0 bridgehead atoms. The summed E-state index contributed by atoms with van der Waals surface area (Å²) in [6, 6.07) is 6.74. The maximum atomic E-state index is 11.5.